The summed E-state index contributed by atoms with van der Waals surface area (Å²) in [5.74, 6) is -1.45. The Balaban J connectivity index is 2.92. The van der Waals surface area contributed by atoms with Crippen molar-refractivity contribution in [3.05, 3.63) is 41.0 Å². The highest BCUT2D eigenvalue weighted by molar-refractivity contribution is 6.14. The molecule has 0 spiro atoms. The van der Waals surface area contributed by atoms with E-state index in [4.69, 9.17) is 4.74 Å². The van der Waals surface area contributed by atoms with E-state index in [9.17, 15) is 14.7 Å². The highest BCUT2D eigenvalue weighted by Crippen LogP contribution is 2.32. The van der Waals surface area contributed by atoms with Gasteiger partial charge in [0.1, 0.15) is 5.75 Å². The number of carbonyl (C=O) groups excluding carboxylic acids is 2. The summed E-state index contributed by atoms with van der Waals surface area (Å²) in [5.41, 5.74) is 0.967. The minimum absolute atomic E-state index is 0.0186. The number of methoxy groups -OCH3 is 2. The lowest BCUT2D eigenvalue weighted by atomic mass is 9.96. The van der Waals surface area contributed by atoms with Crippen molar-refractivity contribution in [1.82, 2.24) is 0 Å². The van der Waals surface area contributed by atoms with Crippen molar-refractivity contribution in [1.29, 1.82) is 0 Å². The zero-order chi connectivity index (χ0) is 14.9. The Bertz CT molecular complexity index is 703. The Morgan fingerprint density at radius 3 is 2.25 bits per heavy atom. The fraction of sp³-hybridized carbons (Fsp3) is 0.200. The summed E-state index contributed by atoms with van der Waals surface area (Å²) in [5, 5.41) is 10.9. The lowest BCUT2D eigenvalue weighted by Crippen LogP contribution is -2.12. The molecule has 0 saturated carbocycles. The van der Waals surface area contributed by atoms with E-state index in [1.807, 2.05) is 6.92 Å². The third-order valence-corrected chi connectivity index (χ3v) is 3.07. The lowest BCUT2D eigenvalue weighted by molar-refractivity contribution is 0.0557. The molecule has 5 heteroatoms. The van der Waals surface area contributed by atoms with Gasteiger partial charge in [0.2, 0.25) is 0 Å². The molecule has 2 aromatic carbocycles. The smallest absolute Gasteiger partial charge is 0.339 e. The lowest BCUT2D eigenvalue weighted by Gasteiger charge is -2.12. The average Bonchev–Trinajstić information content (AvgIpc) is 2.45. The number of phenolic OH excluding ortho intramolecular Hbond substituents is 1. The van der Waals surface area contributed by atoms with E-state index in [1.54, 1.807) is 18.2 Å². The van der Waals surface area contributed by atoms with Crippen LogP contribution in [0, 0.1) is 6.92 Å². The molecule has 0 bridgehead atoms. The topological polar surface area (TPSA) is 72.8 Å². The summed E-state index contributed by atoms with van der Waals surface area (Å²) < 4.78 is 9.38. The molecule has 0 aliphatic rings. The van der Waals surface area contributed by atoms with Crippen molar-refractivity contribution in [2.24, 2.45) is 0 Å². The molecule has 0 saturated heterocycles. The highest BCUT2D eigenvalue weighted by Gasteiger charge is 2.23. The second-order valence-corrected chi connectivity index (χ2v) is 4.35. The molecule has 0 aromatic heterocycles. The van der Waals surface area contributed by atoms with Crippen LogP contribution >= 0.6 is 0 Å². The van der Waals surface area contributed by atoms with Gasteiger partial charge in [-0.15, -0.1) is 0 Å². The molecule has 0 radical (unpaired) electrons. The maximum atomic E-state index is 12.0. The number of carbonyl (C=O) groups is 2. The number of hydrogen-bond donors (Lipinski definition) is 1. The predicted octanol–water partition coefficient (Wildman–Crippen LogP) is 2.43. The third kappa shape index (κ3) is 2.18. The Kier molecular flexibility index (Phi) is 3.61. The SMILES string of the molecule is COC(=O)c1cc(O)c2ccc(C)cc2c1C(=O)OC. The van der Waals surface area contributed by atoms with Crippen LogP contribution in [0.5, 0.6) is 5.75 Å². The van der Waals surface area contributed by atoms with Gasteiger partial charge in [-0.25, -0.2) is 9.59 Å². The van der Waals surface area contributed by atoms with Gasteiger partial charge >= 0.3 is 11.9 Å². The van der Waals surface area contributed by atoms with Gasteiger partial charge in [0.25, 0.3) is 0 Å². The van der Waals surface area contributed by atoms with Gasteiger partial charge in [0.05, 0.1) is 25.3 Å². The van der Waals surface area contributed by atoms with Crippen LogP contribution in [0.25, 0.3) is 10.8 Å². The van der Waals surface area contributed by atoms with Crippen molar-refractivity contribution < 1.29 is 24.2 Å². The van der Waals surface area contributed by atoms with Crippen molar-refractivity contribution in [3.8, 4) is 5.75 Å². The predicted molar refractivity (Wildman–Crippen MR) is 73.0 cm³/mol. The van der Waals surface area contributed by atoms with Crippen LogP contribution in [0.1, 0.15) is 26.3 Å². The molecule has 0 aliphatic heterocycles. The number of hydrogen-bond acceptors (Lipinski definition) is 5. The largest absolute Gasteiger partial charge is 0.507 e. The van der Waals surface area contributed by atoms with Crippen molar-refractivity contribution in [2.75, 3.05) is 14.2 Å². The number of ether oxygens (including phenoxy) is 2. The molecule has 0 amide bonds. The first-order chi connectivity index (χ1) is 9.49. The number of benzene rings is 2. The minimum atomic E-state index is -0.705. The van der Waals surface area contributed by atoms with Gasteiger partial charge in [-0.3, -0.25) is 0 Å². The molecule has 20 heavy (non-hydrogen) atoms. The summed E-state index contributed by atoms with van der Waals surface area (Å²) >= 11 is 0. The summed E-state index contributed by atoms with van der Waals surface area (Å²) in [4.78, 5) is 23.8. The van der Waals surface area contributed by atoms with Gasteiger partial charge < -0.3 is 14.6 Å². The monoisotopic (exact) mass is 274 g/mol. The van der Waals surface area contributed by atoms with Crippen LogP contribution in [0.2, 0.25) is 0 Å². The quantitative estimate of drug-likeness (QED) is 0.851. The third-order valence-electron chi connectivity index (χ3n) is 3.07. The van der Waals surface area contributed by atoms with Crippen LogP contribution in [-0.2, 0) is 9.47 Å². The average molecular weight is 274 g/mol. The van der Waals surface area contributed by atoms with E-state index >= 15 is 0 Å². The number of rotatable bonds is 2. The molecule has 0 fully saturated rings. The number of aromatic hydroxyl groups is 1. The molecule has 2 aromatic rings. The summed E-state index contributed by atoms with van der Waals surface area (Å²) in [7, 11) is 2.44. The molecule has 0 heterocycles. The molecule has 2 rings (SSSR count). The summed E-state index contributed by atoms with van der Waals surface area (Å²) in [6, 6.07) is 6.43. The molecule has 5 nitrogen and oxygen atoms in total. The Labute approximate surface area is 115 Å². The van der Waals surface area contributed by atoms with Gasteiger partial charge in [-0.2, -0.15) is 0 Å². The summed E-state index contributed by atoms with van der Waals surface area (Å²) in [6.07, 6.45) is 0. The van der Waals surface area contributed by atoms with Crippen LogP contribution in [0.3, 0.4) is 0 Å². The van der Waals surface area contributed by atoms with Crippen LogP contribution in [0.15, 0.2) is 24.3 Å². The van der Waals surface area contributed by atoms with Gasteiger partial charge in [0, 0.05) is 10.8 Å². The van der Waals surface area contributed by atoms with E-state index in [-0.39, 0.29) is 16.9 Å². The highest BCUT2D eigenvalue weighted by atomic mass is 16.5. The van der Waals surface area contributed by atoms with Crippen LogP contribution in [-0.4, -0.2) is 31.3 Å². The maximum Gasteiger partial charge on any atom is 0.339 e. The van der Waals surface area contributed by atoms with Crippen LogP contribution < -0.4 is 0 Å². The maximum absolute atomic E-state index is 12.0. The number of aryl methyl sites for hydroxylation is 1. The second kappa shape index (κ2) is 5.21. The zero-order valence-electron chi connectivity index (χ0n) is 11.4. The van der Waals surface area contributed by atoms with Crippen molar-refractivity contribution in [3.63, 3.8) is 0 Å². The first kappa shape index (κ1) is 13.9. The molecule has 0 atom stereocenters. The van der Waals surface area contributed by atoms with E-state index in [0.29, 0.717) is 10.8 Å². The molecule has 0 aliphatic carbocycles. The van der Waals surface area contributed by atoms with E-state index in [1.165, 1.54) is 20.3 Å². The van der Waals surface area contributed by atoms with Gasteiger partial charge in [-0.1, -0.05) is 23.8 Å². The minimum Gasteiger partial charge on any atom is -0.507 e. The fourth-order valence-electron chi connectivity index (χ4n) is 2.11. The van der Waals surface area contributed by atoms with E-state index in [0.717, 1.165) is 5.56 Å². The van der Waals surface area contributed by atoms with Gasteiger partial charge in [-0.05, 0) is 13.0 Å². The number of esters is 2. The van der Waals surface area contributed by atoms with Crippen LogP contribution in [0.4, 0.5) is 0 Å². The Hall–Kier alpha value is -2.56. The fourth-order valence-corrected chi connectivity index (χ4v) is 2.11. The normalized spacial score (nSPS) is 10.3. The number of fused-ring (bicyclic) bond motifs is 1. The first-order valence-corrected chi connectivity index (χ1v) is 5.92. The van der Waals surface area contributed by atoms with E-state index in [2.05, 4.69) is 4.74 Å². The van der Waals surface area contributed by atoms with E-state index < -0.39 is 11.9 Å². The molecule has 0 unspecified atom stereocenters. The molecule has 104 valence electrons. The molecular formula is C15H14O5. The zero-order valence-corrected chi connectivity index (χ0v) is 11.4. The Morgan fingerprint density at radius 1 is 1.00 bits per heavy atom. The molecule has 1 N–H and O–H groups in total. The molecular weight excluding hydrogens is 260 g/mol. The standard InChI is InChI=1S/C15H14O5/c1-8-4-5-9-10(6-8)13(15(18)20-3)11(7-12(9)16)14(17)19-2/h4-7,16H,1-3H3. The number of phenols is 1. The first-order valence-electron chi connectivity index (χ1n) is 5.92. The second-order valence-electron chi connectivity index (χ2n) is 4.35. The van der Waals surface area contributed by atoms with Crippen molar-refractivity contribution >= 4 is 22.7 Å². The van der Waals surface area contributed by atoms with Gasteiger partial charge in [0.15, 0.2) is 0 Å². The Morgan fingerprint density at radius 2 is 1.65 bits per heavy atom. The summed E-state index contributed by atoms with van der Waals surface area (Å²) in [6.45, 7) is 1.85. The van der Waals surface area contributed by atoms with Crippen molar-refractivity contribution in [2.45, 2.75) is 6.92 Å².